The van der Waals surface area contributed by atoms with Crippen molar-refractivity contribution in [2.24, 2.45) is 0 Å². The van der Waals surface area contributed by atoms with Crippen LogP contribution in [0.4, 0.5) is 8.78 Å². The summed E-state index contributed by atoms with van der Waals surface area (Å²) >= 11 is 8.36. The standard InChI is InChI=1S/C6H2BrCl2F2NO2S/c7-2-1-12-6(15(9,13)14)3(4(2)8)5(10)11/h1,5H. The molecule has 0 amide bonds. The number of hydrogen-bond donors (Lipinski definition) is 0. The number of pyridine rings is 1. The monoisotopic (exact) mass is 339 g/mol. The van der Waals surface area contributed by atoms with Crippen molar-refractivity contribution in [1.82, 2.24) is 4.98 Å². The Morgan fingerprint density at radius 3 is 2.40 bits per heavy atom. The molecule has 0 unspecified atom stereocenters. The summed E-state index contributed by atoms with van der Waals surface area (Å²) in [5.74, 6) is 0. The van der Waals surface area contributed by atoms with Crippen LogP contribution in [-0.4, -0.2) is 13.4 Å². The fraction of sp³-hybridized carbons (Fsp3) is 0.167. The first kappa shape index (κ1) is 13.1. The SMILES string of the molecule is O=S(=O)(Cl)c1ncc(Br)c(Cl)c1C(F)F. The zero-order valence-corrected chi connectivity index (χ0v) is 10.6. The van der Waals surface area contributed by atoms with Crippen molar-refractivity contribution in [3.8, 4) is 0 Å². The van der Waals surface area contributed by atoms with Crippen molar-refractivity contribution in [1.29, 1.82) is 0 Å². The highest BCUT2D eigenvalue weighted by Gasteiger charge is 2.27. The van der Waals surface area contributed by atoms with E-state index in [0.29, 0.717) is 0 Å². The van der Waals surface area contributed by atoms with Crippen LogP contribution in [0, 0.1) is 0 Å². The molecule has 1 aromatic heterocycles. The van der Waals surface area contributed by atoms with Gasteiger partial charge in [-0.05, 0) is 15.9 Å². The minimum absolute atomic E-state index is 0.0727. The Morgan fingerprint density at radius 2 is 2.00 bits per heavy atom. The molecule has 1 rings (SSSR count). The minimum Gasteiger partial charge on any atom is -0.242 e. The Balaban J connectivity index is 3.62. The predicted molar refractivity (Wildman–Crippen MR) is 54.9 cm³/mol. The first-order valence-electron chi connectivity index (χ1n) is 3.32. The van der Waals surface area contributed by atoms with E-state index >= 15 is 0 Å². The summed E-state index contributed by atoms with van der Waals surface area (Å²) in [6.45, 7) is 0. The van der Waals surface area contributed by atoms with Crippen LogP contribution in [0.25, 0.3) is 0 Å². The molecule has 84 valence electrons. The van der Waals surface area contributed by atoms with Crippen LogP contribution in [-0.2, 0) is 9.05 Å². The van der Waals surface area contributed by atoms with Gasteiger partial charge in [-0.15, -0.1) is 0 Å². The van der Waals surface area contributed by atoms with Gasteiger partial charge in [0.15, 0.2) is 5.03 Å². The second-order valence-corrected chi connectivity index (χ2v) is 6.09. The smallest absolute Gasteiger partial charge is 0.242 e. The number of hydrogen-bond acceptors (Lipinski definition) is 3. The highest BCUT2D eigenvalue weighted by atomic mass is 79.9. The van der Waals surface area contributed by atoms with E-state index in [1.807, 2.05) is 0 Å². The van der Waals surface area contributed by atoms with Crippen molar-refractivity contribution in [3.05, 3.63) is 21.3 Å². The summed E-state index contributed by atoms with van der Waals surface area (Å²) in [6.07, 6.45) is -2.09. The molecule has 0 aliphatic rings. The molecule has 0 saturated carbocycles. The summed E-state index contributed by atoms with van der Waals surface area (Å²) in [5.41, 5.74) is -0.902. The molecule has 0 radical (unpaired) electrons. The number of halogens is 5. The second-order valence-electron chi connectivity index (χ2n) is 2.38. The van der Waals surface area contributed by atoms with Gasteiger partial charge in [-0.3, -0.25) is 0 Å². The highest BCUT2D eigenvalue weighted by molar-refractivity contribution is 9.10. The predicted octanol–water partition coefficient (Wildman–Crippen LogP) is 3.36. The maximum Gasteiger partial charge on any atom is 0.279 e. The summed E-state index contributed by atoms with van der Waals surface area (Å²) < 4.78 is 47.0. The van der Waals surface area contributed by atoms with Crippen molar-refractivity contribution < 1.29 is 17.2 Å². The largest absolute Gasteiger partial charge is 0.279 e. The van der Waals surface area contributed by atoms with E-state index in [1.54, 1.807) is 0 Å². The topological polar surface area (TPSA) is 47.0 Å². The van der Waals surface area contributed by atoms with E-state index in [-0.39, 0.29) is 4.47 Å². The normalized spacial score (nSPS) is 12.1. The van der Waals surface area contributed by atoms with E-state index < -0.39 is 31.1 Å². The van der Waals surface area contributed by atoms with Crippen LogP contribution < -0.4 is 0 Å². The van der Waals surface area contributed by atoms with Gasteiger partial charge < -0.3 is 0 Å². The minimum atomic E-state index is -4.34. The number of nitrogens with zero attached hydrogens (tertiary/aromatic N) is 1. The van der Waals surface area contributed by atoms with E-state index in [0.717, 1.165) is 6.20 Å². The molecule has 0 atom stereocenters. The lowest BCUT2D eigenvalue weighted by molar-refractivity contribution is 0.147. The highest BCUT2D eigenvalue weighted by Crippen LogP contribution is 2.37. The Hall–Kier alpha value is 0.0200. The molecule has 0 aliphatic heterocycles. The fourth-order valence-electron chi connectivity index (χ4n) is 0.847. The Labute approximate surface area is 102 Å². The second kappa shape index (κ2) is 4.48. The van der Waals surface area contributed by atoms with Crippen molar-refractivity contribution in [2.75, 3.05) is 0 Å². The molecule has 0 bridgehead atoms. The van der Waals surface area contributed by atoms with E-state index in [9.17, 15) is 17.2 Å². The summed E-state index contributed by atoms with van der Waals surface area (Å²) in [5, 5.41) is -1.34. The third-order valence-corrected chi connectivity index (χ3v) is 3.88. The molecule has 1 heterocycles. The van der Waals surface area contributed by atoms with Gasteiger partial charge in [0, 0.05) is 16.9 Å². The molecular formula is C6H2BrCl2F2NO2S. The van der Waals surface area contributed by atoms with E-state index in [4.69, 9.17) is 22.3 Å². The first-order chi connectivity index (χ1) is 6.75. The van der Waals surface area contributed by atoms with Crippen LogP contribution in [0.2, 0.25) is 5.02 Å². The molecule has 0 N–H and O–H groups in total. The zero-order valence-electron chi connectivity index (χ0n) is 6.72. The van der Waals surface area contributed by atoms with Gasteiger partial charge in [0.05, 0.1) is 15.1 Å². The first-order valence-corrected chi connectivity index (χ1v) is 6.80. The van der Waals surface area contributed by atoms with Gasteiger partial charge in [0.2, 0.25) is 0 Å². The molecule has 9 heteroatoms. The number of rotatable bonds is 2. The Morgan fingerprint density at radius 1 is 1.47 bits per heavy atom. The lowest BCUT2D eigenvalue weighted by atomic mass is 10.3. The summed E-state index contributed by atoms with van der Waals surface area (Å²) in [4.78, 5) is 3.30. The van der Waals surface area contributed by atoms with Crippen LogP contribution in [0.1, 0.15) is 12.0 Å². The van der Waals surface area contributed by atoms with Gasteiger partial charge in [0.1, 0.15) is 0 Å². The lowest BCUT2D eigenvalue weighted by Crippen LogP contribution is -2.03. The Kier molecular flexibility index (Phi) is 3.91. The molecule has 0 saturated heterocycles. The number of aromatic nitrogens is 1. The number of alkyl halides is 2. The average molecular weight is 341 g/mol. The molecule has 0 spiro atoms. The van der Waals surface area contributed by atoms with Crippen LogP contribution >= 0.6 is 38.2 Å². The van der Waals surface area contributed by atoms with Crippen LogP contribution in [0.15, 0.2) is 15.7 Å². The average Bonchev–Trinajstić information content (AvgIpc) is 2.06. The van der Waals surface area contributed by atoms with Crippen LogP contribution in [0.3, 0.4) is 0 Å². The zero-order chi connectivity index (χ0) is 11.8. The van der Waals surface area contributed by atoms with Gasteiger partial charge in [-0.25, -0.2) is 22.2 Å². The Bertz CT molecular complexity index is 494. The van der Waals surface area contributed by atoms with E-state index in [1.165, 1.54) is 0 Å². The van der Waals surface area contributed by atoms with Gasteiger partial charge in [-0.1, -0.05) is 11.6 Å². The van der Waals surface area contributed by atoms with Gasteiger partial charge in [-0.2, -0.15) is 0 Å². The lowest BCUT2D eigenvalue weighted by Gasteiger charge is -2.08. The van der Waals surface area contributed by atoms with Crippen molar-refractivity contribution in [3.63, 3.8) is 0 Å². The third kappa shape index (κ3) is 2.77. The van der Waals surface area contributed by atoms with Gasteiger partial charge in [0.25, 0.3) is 15.5 Å². The van der Waals surface area contributed by atoms with Crippen LogP contribution in [0.5, 0.6) is 0 Å². The molecule has 3 nitrogen and oxygen atoms in total. The third-order valence-electron chi connectivity index (χ3n) is 1.42. The summed E-state index contributed by atoms with van der Waals surface area (Å²) in [6, 6.07) is 0. The van der Waals surface area contributed by atoms with E-state index in [2.05, 4.69) is 20.9 Å². The molecule has 0 fully saturated rings. The molecule has 1 aromatic rings. The van der Waals surface area contributed by atoms with Gasteiger partial charge >= 0.3 is 0 Å². The molecule has 15 heavy (non-hydrogen) atoms. The molecule has 0 aromatic carbocycles. The maximum absolute atomic E-state index is 12.5. The molecule has 0 aliphatic carbocycles. The molecular weight excluding hydrogens is 339 g/mol. The maximum atomic E-state index is 12.5. The summed E-state index contributed by atoms with van der Waals surface area (Å²) in [7, 11) is 0.593. The van der Waals surface area contributed by atoms with Crippen molar-refractivity contribution in [2.45, 2.75) is 11.5 Å². The fourth-order valence-corrected chi connectivity index (χ4v) is 2.44. The quantitative estimate of drug-likeness (QED) is 0.775. The van der Waals surface area contributed by atoms with Crippen molar-refractivity contribution >= 4 is 47.3 Å².